The lowest BCUT2D eigenvalue weighted by molar-refractivity contribution is -0.119. The van der Waals surface area contributed by atoms with Crippen LogP contribution in [0.4, 0.5) is 5.00 Å². The second kappa shape index (κ2) is 10.5. The van der Waals surface area contributed by atoms with Crippen LogP contribution in [0.15, 0.2) is 24.3 Å². The average molecular weight is 447 g/mol. The highest BCUT2D eigenvalue weighted by Gasteiger charge is 2.26. The number of rotatable bonds is 7. The van der Waals surface area contributed by atoms with Crippen molar-refractivity contribution in [3.63, 3.8) is 0 Å². The zero-order valence-electron chi connectivity index (χ0n) is 17.2. The highest BCUT2D eigenvalue weighted by atomic mass is 32.1. The van der Waals surface area contributed by atoms with Crippen molar-refractivity contribution in [1.82, 2.24) is 5.32 Å². The second-order valence-electron chi connectivity index (χ2n) is 7.17. The van der Waals surface area contributed by atoms with Gasteiger partial charge in [-0.15, -0.1) is 11.3 Å². The fourth-order valence-corrected chi connectivity index (χ4v) is 4.91. The minimum Gasteiger partial charge on any atom is -0.494 e. The molecular weight excluding hydrogens is 420 g/mol. The number of aryl methyl sites for hydroxylation is 2. The van der Waals surface area contributed by atoms with E-state index in [1.54, 1.807) is 0 Å². The van der Waals surface area contributed by atoms with E-state index < -0.39 is 0 Å². The molecule has 0 spiro atoms. The largest absolute Gasteiger partial charge is 0.494 e. The molecule has 1 aromatic carbocycles. The van der Waals surface area contributed by atoms with Gasteiger partial charge in [-0.25, -0.2) is 4.79 Å². The number of hydrogen-bond acceptors (Lipinski definition) is 6. The Bertz CT molecular complexity index is 922. The Balaban J connectivity index is 1.49. The number of methoxy groups -OCH3 is 1. The molecule has 1 aromatic heterocycles. The highest BCUT2D eigenvalue weighted by Crippen LogP contribution is 2.38. The molecule has 0 unspecified atom stereocenters. The van der Waals surface area contributed by atoms with Crippen molar-refractivity contribution in [2.24, 2.45) is 0 Å². The van der Waals surface area contributed by atoms with Crippen LogP contribution >= 0.6 is 23.6 Å². The van der Waals surface area contributed by atoms with Crippen molar-refractivity contribution in [1.29, 1.82) is 0 Å². The van der Waals surface area contributed by atoms with Crippen LogP contribution in [-0.2, 0) is 22.4 Å². The number of anilines is 1. The average Bonchev–Trinajstić information content (AvgIpc) is 3.09. The molecule has 0 aliphatic heterocycles. The maximum Gasteiger partial charge on any atom is 0.341 e. The summed E-state index contributed by atoms with van der Waals surface area (Å²) in [6.45, 7) is 2.46. The Morgan fingerprint density at radius 1 is 1.17 bits per heavy atom. The quantitative estimate of drug-likeness (QED) is 0.373. The van der Waals surface area contributed by atoms with Crippen molar-refractivity contribution in [3.8, 4) is 5.75 Å². The van der Waals surface area contributed by atoms with E-state index in [0.717, 1.165) is 37.0 Å². The molecule has 2 aromatic rings. The minimum atomic E-state index is -0.376. The lowest BCUT2D eigenvalue weighted by Crippen LogP contribution is -2.34. The SMILES string of the molecule is COC(=O)c1c(NC(=S)NC(=O)CCCOc2ccc(C)cc2)sc2c1CCCC2. The summed E-state index contributed by atoms with van der Waals surface area (Å²) in [5.41, 5.74) is 2.76. The molecular formula is C22H26N2O4S2. The number of thiocarbonyl (C=S) groups is 1. The van der Waals surface area contributed by atoms with Gasteiger partial charge in [0.15, 0.2) is 5.11 Å². The van der Waals surface area contributed by atoms with Gasteiger partial charge in [-0.2, -0.15) is 0 Å². The summed E-state index contributed by atoms with van der Waals surface area (Å²) in [5, 5.41) is 6.52. The first kappa shape index (κ1) is 22.2. The summed E-state index contributed by atoms with van der Waals surface area (Å²) in [6, 6.07) is 7.79. The molecule has 2 N–H and O–H groups in total. The van der Waals surface area contributed by atoms with Crippen molar-refractivity contribution in [2.45, 2.75) is 45.4 Å². The van der Waals surface area contributed by atoms with E-state index in [9.17, 15) is 9.59 Å². The topological polar surface area (TPSA) is 76.7 Å². The fourth-order valence-electron chi connectivity index (χ4n) is 3.35. The van der Waals surface area contributed by atoms with Gasteiger partial charge in [0.1, 0.15) is 10.8 Å². The Hall–Kier alpha value is -2.45. The first-order valence-corrected chi connectivity index (χ1v) is 11.2. The monoisotopic (exact) mass is 446 g/mol. The molecule has 1 aliphatic carbocycles. The van der Waals surface area contributed by atoms with Crippen LogP contribution in [0.3, 0.4) is 0 Å². The second-order valence-corrected chi connectivity index (χ2v) is 8.69. The predicted molar refractivity (Wildman–Crippen MR) is 123 cm³/mol. The highest BCUT2D eigenvalue weighted by molar-refractivity contribution is 7.80. The summed E-state index contributed by atoms with van der Waals surface area (Å²) in [6.07, 6.45) is 4.84. The van der Waals surface area contributed by atoms with Crippen molar-refractivity contribution in [3.05, 3.63) is 45.8 Å². The summed E-state index contributed by atoms with van der Waals surface area (Å²) in [4.78, 5) is 25.7. The number of nitrogens with one attached hydrogen (secondary N) is 2. The van der Waals surface area contributed by atoms with Gasteiger partial charge >= 0.3 is 5.97 Å². The molecule has 0 bridgehead atoms. The van der Waals surface area contributed by atoms with E-state index in [2.05, 4.69) is 10.6 Å². The van der Waals surface area contributed by atoms with Crippen LogP contribution in [0, 0.1) is 6.92 Å². The maximum absolute atomic E-state index is 12.3. The Morgan fingerprint density at radius 3 is 2.63 bits per heavy atom. The third-order valence-corrected chi connectivity index (χ3v) is 6.29. The van der Waals surface area contributed by atoms with Crippen molar-refractivity contribution < 1.29 is 19.1 Å². The van der Waals surface area contributed by atoms with Gasteiger partial charge in [-0.05, 0) is 68.9 Å². The van der Waals surface area contributed by atoms with Gasteiger partial charge in [0.25, 0.3) is 0 Å². The van der Waals surface area contributed by atoms with Crippen LogP contribution in [0.25, 0.3) is 0 Å². The van der Waals surface area contributed by atoms with Gasteiger partial charge in [0.05, 0.1) is 19.3 Å². The summed E-state index contributed by atoms with van der Waals surface area (Å²) in [7, 11) is 1.37. The lowest BCUT2D eigenvalue weighted by atomic mass is 9.95. The van der Waals surface area contributed by atoms with Crippen LogP contribution in [0.2, 0.25) is 0 Å². The van der Waals surface area contributed by atoms with E-state index in [4.69, 9.17) is 21.7 Å². The molecule has 1 amide bonds. The van der Waals surface area contributed by atoms with Gasteiger partial charge in [0, 0.05) is 11.3 Å². The number of amides is 1. The van der Waals surface area contributed by atoms with Crippen LogP contribution < -0.4 is 15.4 Å². The van der Waals surface area contributed by atoms with Crippen LogP contribution in [0.1, 0.15) is 52.0 Å². The van der Waals surface area contributed by atoms with Gasteiger partial charge in [-0.3, -0.25) is 4.79 Å². The van der Waals surface area contributed by atoms with Crippen LogP contribution in [-0.4, -0.2) is 30.7 Å². The van der Waals surface area contributed by atoms with E-state index in [1.807, 2.05) is 31.2 Å². The Kier molecular flexibility index (Phi) is 7.81. The van der Waals surface area contributed by atoms with Gasteiger partial charge < -0.3 is 20.1 Å². The van der Waals surface area contributed by atoms with E-state index >= 15 is 0 Å². The Morgan fingerprint density at radius 2 is 1.90 bits per heavy atom. The number of fused-ring (bicyclic) bond motifs is 1. The number of ether oxygens (including phenoxy) is 2. The fraction of sp³-hybridized carbons (Fsp3) is 0.409. The molecule has 1 aliphatic rings. The molecule has 8 heteroatoms. The van der Waals surface area contributed by atoms with Crippen molar-refractivity contribution in [2.75, 3.05) is 19.0 Å². The standard InChI is InChI=1S/C22H26N2O4S2/c1-14-9-11-15(12-10-14)28-13-5-8-18(25)23-22(29)24-20-19(21(26)27-2)16-6-3-4-7-17(16)30-20/h9-12H,3-8,13H2,1-2H3,(H2,23,24,25,29). The molecule has 1 heterocycles. The summed E-state index contributed by atoms with van der Waals surface area (Å²) >= 11 is 6.79. The zero-order chi connectivity index (χ0) is 21.5. The molecule has 160 valence electrons. The molecule has 0 saturated heterocycles. The summed E-state index contributed by atoms with van der Waals surface area (Å²) in [5.74, 6) is 0.218. The molecule has 6 nitrogen and oxygen atoms in total. The number of hydrogen-bond donors (Lipinski definition) is 2. The molecule has 0 atom stereocenters. The van der Waals surface area contributed by atoms with Gasteiger partial charge in [0.2, 0.25) is 5.91 Å². The van der Waals surface area contributed by atoms with Crippen molar-refractivity contribution >= 4 is 45.5 Å². The normalized spacial score (nSPS) is 12.6. The van der Waals surface area contributed by atoms with E-state index in [-0.39, 0.29) is 17.0 Å². The third kappa shape index (κ3) is 5.79. The smallest absolute Gasteiger partial charge is 0.341 e. The third-order valence-electron chi connectivity index (χ3n) is 4.88. The molecule has 3 rings (SSSR count). The van der Waals surface area contributed by atoms with Gasteiger partial charge in [-0.1, -0.05) is 17.7 Å². The molecule has 0 fully saturated rings. The Labute approximate surface area is 186 Å². The number of esters is 1. The summed E-state index contributed by atoms with van der Waals surface area (Å²) < 4.78 is 10.6. The zero-order valence-corrected chi connectivity index (χ0v) is 18.8. The minimum absolute atomic E-state index is 0.184. The maximum atomic E-state index is 12.3. The van der Waals surface area contributed by atoms with E-state index in [0.29, 0.717) is 30.0 Å². The first-order valence-electron chi connectivity index (χ1n) is 10.0. The first-order chi connectivity index (χ1) is 14.5. The van der Waals surface area contributed by atoms with E-state index in [1.165, 1.54) is 28.9 Å². The number of thiophene rings is 1. The molecule has 0 radical (unpaired) electrons. The number of carbonyl (C=O) groups is 2. The van der Waals surface area contributed by atoms with Crippen LogP contribution in [0.5, 0.6) is 5.75 Å². The molecule has 0 saturated carbocycles. The molecule has 30 heavy (non-hydrogen) atoms. The lowest BCUT2D eigenvalue weighted by Gasteiger charge is -2.12. The number of benzene rings is 1. The number of carbonyl (C=O) groups excluding carboxylic acids is 2. The predicted octanol–water partition coefficient (Wildman–Crippen LogP) is 4.39.